The molecule has 9 heteroatoms. The molecule has 4 aromatic rings. The van der Waals surface area contributed by atoms with Crippen LogP contribution in [0.4, 0.5) is 0 Å². The van der Waals surface area contributed by atoms with E-state index in [0.717, 1.165) is 47.1 Å². The number of carboxylic acid groups (broad SMARTS) is 1. The van der Waals surface area contributed by atoms with E-state index >= 15 is 0 Å². The number of aryl methyl sites for hydroxylation is 1. The molecule has 9 nitrogen and oxygen atoms in total. The highest BCUT2D eigenvalue weighted by Crippen LogP contribution is 2.27. The van der Waals surface area contributed by atoms with Gasteiger partial charge in [0.25, 0.3) is 5.91 Å². The van der Waals surface area contributed by atoms with Gasteiger partial charge in [-0.15, -0.1) is 0 Å². The average Bonchev–Trinajstić information content (AvgIpc) is 3.48. The molecule has 2 atom stereocenters. The first kappa shape index (κ1) is 26.5. The van der Waals surface area contributed by atoms with Crippen LogP contribution >= 0.6 is 0 Å². The van der Waals surface area contributed by atoms with Crippen LogP contribution in [0.25, 0.3) is 10.8 Å². The summed E-state index contributed by atoms with van der Waals surface area (Å²) in [5.74, 6) is -0.561. The van der Waals surface area contributed by atoms with E-state index in [4.69, 9.17) is 0 Å². The molecule has 1 aliphatic carbocycles. The summed E-state index contributed by atoms with van der Waals surface area (Å²) in [6.07, 6.45) is 9.46. The van der Waals surface area contributed by atoms with E-state index < -0.39 is 12.0 Å². The maximum Gasteiger partial charge on any atom is 0.326 e. The highest BCUT2D eigenvalue weighted by Gasteiger charge is 2.23. The normalized spacial score (nSPS) is 15.5. The van der Waals surface area contributed by atoms with Crippen LogP contribution in [0.1, 0.15) is 64.7 Å². The monoisotopic (exact) mass is 526 g/mol. The lowest BCUT2D eigenvalue weighted by atomic mass is 9.92. The molecular formula is C30H34N6O3. The molecular weight excluding hydrogens is 492 g/mol. The molecule has 39 heavy (non-hydrogen) atoms. The number of carbonyl (C=O) groups excluding carboxylic acids is 1. The zero-order valence-corrected chi connectivity index (χ0v) is 21.8. The third-order valence-corrected chi connectivity index (χ3v) is 7.28. The van der Waals surface area contributed by atoms with Gasteiger partial charge in [-0.2, -0.15) is 0 Å². The summed E-state index contributed by atoms with van der Waals surface area (Å²) in [5.41, 5.74) is 3.89. The van der Waals surface area contributed by atoms with E-state index in [9.17, 15) is 14.7 Å². The number of H-pyrrole nitrogens is 1. The number of benzene rings is 2. The number of hydrogen-bond acceptors (Lipinski definition) is 6. The van der Waals surface area contributed by atoms with Crippen molar-refractivity contribution in [1.29, 1.82) is 0 Å². The number of fused-ring (bicyclic) bond motifs is 2. The summed E-state index contributed by atoms with van der Waals surface area (Å²) in [5, 5.41) is 21.2. The smallest absolute Gasteiger partial charge is 0.326 e. The minimum Gasteiger partial charge on any atom is -0.480 e. The number of nitrogens with one attached hydrogen (secondary N) is 4. The predicted molar refractivity (Wildman–Crippen MR) is 149 cm³/mol. The van der Waals surface area contributed by atoms with E-state index in [-0.39, 0.29) is 11.9 Å². The summed E-state index contributed by atoms with van der Waals surface area (Å²) in [4.78, 5) is 37.1. The molecule has 2 aromatic carbocycles. The highest BCUT2D eigenvalue weighted by atomic mass is 16.4. The molecule has 0 aliphatic heterocycles. The van der Waals surface area contributed by atoms with Crippen molar-refractivity contribution in [3.63, 3.8) is 0 Å². The summed E-state index contributed by atoms with van der Waals surface area (Å²) in [6, 6.07) is 14.7. The van der Waals surface area contributed by atoms with Crippen LogP contribution in [0.3, 0.4) is 0 Å². The van der Waals surface area contributed by atoms with Crippen LogP contribution in [0.2, 0.25) is 0 Å². The second-order valence-electron chi connectivity index (χ2n) is 9.91. The SMILES string of the molecule is O=C(N[C@@H](CCCN[C@H]1CCCc2cccnc21)C(=O)O)c1ccc(CNCc2ncc[nH]2)c2ccccc12. The van der Waals surface area contributed by atoms with Crippen molar-refractivity contribution in [3.8, 4) is 0 Å². The Kier molecular flexibility index (Phi) is 8.60. The maximum atomic E-state index is 13.2. The lowest BCUT2D eigenvalue weighted by Gasteiger charge is -2.25. The minimum atomic E-state index is -1.03. The molecule has 5 N–H and O–H groups in total. The molecule has 0 radical (unpaired) electrons. The standard InChI is InChI=1S/C30H34N6O3/c37-29(24-13-12-21(22-8-1-2-9-23(22)24)18-31-19-27-33-16-17-34-27)36-26(30(38)39)11-5-14-32-25-10-3-6-20-7-4-15-35-28(20)25/h1-2,4,7-9,12-13,15-17,25-26,31-32H,3,5-6,10-11,14,18-19H2,(H,33,34)(H,36,37)(H,38,39)/t25-,26-/m0/s1. The minimum absolute atomic E-state index is 0.186. The number of pyridine rings is 1. The Labute approximate surface area is 227 Å². The molecule has 1 aliphatic rings. The number of amides is 1. The largest absolute Gasteiger partial charge is 0.480 e. The number of imidazole rings is 1. The van der Waals surface area contributed by atoms with Crippen LogP contribution in [0.5, 0.6) is 0 Å². The molecule has 0 saturated carbocycles. The molecule has 0 saturated heterocycles. The lowest BCUT2D eigenvalue weighted by Crippen LogP contribution is -2.41. The second-order valence-corrected chi connectivity index (χ2v) is 9.91. The van der Waals surface area contributed by atoms with Gasteiger partial charge in [-0.3, -0.25) is 9.78 Å². The van der Waals surface area contributed by atoms with Gasteiger partial charge < -0.3 is 26.0 Å². The fraction of sp³-hybridized carbons (Fsp3) is 0.333. The second kappa shape index (κ2) is 12.6. The van der Waals surface area contributed by atoms with Gasteiger partial charge >= 0.3 is 5.97 Å². The number of aromatic amines is 1. The fourth-order valence-corrected chi connectivity index (χ4v) is 5.31. The van der Waals surface area contributed by atoms with E-state index in [0.29, 0.717) is 38.0 Å². The third-order valence-electron chi connectivity index (χ3n) is 7.28. The molecule has 0 bridgehead atoms. The zero-order chi connectivity index (χ0) is 27.0. The van der Waals surface area contributed by atoms with Gasteiger partial charge in [0, 0.05) is 36.7 Å². The summed E-state index contributed by atoms with van der Waals surface area (Å²) in [7, 11) is 0. The fourth-order valence-electron chi connectivity index (χ4n) is 5.31. The van der Waals surface area contributed by atoms with Gasteiger partial charge in [-0.05, 0) is 72.7 Å². The number of carboxylic acids is 1. The van der Waals surface area contributed by atoms with Crippen LogP contribution in [-0.2, 0) is 24.3 Å². The number of aliphatic carboxylic acids is 1. The Balaban J connectivity index is 1.19. The predicted octanol–water partition coefficient (Wildman–Crippen LogP) is 3.88. The zero-order valence-electron chi connectivity index (χ0n) is 21.8. The number of hydrogen-bond donors (Lipinski definition) is 5. The average molecular weight is 527 g/mol. The van der Waals surface area contributed by atoms with E-state index in [1.165, 1.54) is 5.56 Å². The van der Waals surface area contributed by atoms with Crippen molar-refractivity contribution < 1.29 is 14.7 Å². The first-order valence-corrected chi connectivity index (χ1v) is 13.5. The van der Waals surface area contributed by atoms with Crippen molar-refractivity contribution in [2.75, 3.05) is 6.54 Å². The number of rotatable bonds is 12. The van der Waals surface area contributed by atoms with E-state index in [1.54, 1.807) is 18.5 Å². The summed E-state index contributed by atoms with van der Waals surface area (Å²) >= 11 is 0. The number of nitrogens with zero attached hydrogens (tertiary/aromatic N) is 2. The molecule has 0 spiro atoms. The Bertz CT molecular complexity index is 1420. The highest BCUT2D eigenvalue weighted by molar-refractivity contribution is 6.08. The number of aromatic nitrogens is 3. The Hall–Kier alpha value is -4.08. The van der Waals surface area contributed by atoms with Gasteiger partial charge in [0.05, 0.1) is 12.2 Å². The Morgan fingerprint density at radius 3 is 2.72 bits per heavy atom. The third kappa shape index (κ3) is 6.50. The van der Waals surface area contributed by atoms with Gasteiger partial charge in [-0.25, -0.2) is 9.78 Å². The van der Waals surface area contributed by atoms with Gasteiger partial charge in [0.2, 0.25) is 0 Å². The van der Waals surface area contributed by atoms with Crippen molar-refractivity contribution in [1.82, 2.24) is 30.9 Å². The van der Waals surface area contributed by atoms with E-state index in [1.807, 2.05) is 42.6 Å². The topological polar surface area (TPSA) is 132 Å². The molecule has 2 aromatic heterocycles. The van der Waals surface area contributed by atoms with Gasteiger partial charge in [0.15, 0.2) is 0 Å². The molecule has 202 valence electrons. The number of carbonyl (C=O) groups is 2. The van der Waals surface area contributed by atoms with Crippen LogP contribution in [-0.4, -0.2) is 44.5 Å². The molecule has 0 unspecified atom stereocenters. The van der Waals surface area contributed by atoms with Crippen molar-refractivity contribution in [2.24, 2.45) is 0 Å². The van der Waals surface area contributed by atoms with E-state index in [2.05, 4.69) is 37.0 Å². The molecule has 1 amide bonds. The first-order valence-electron chi connectivity index (χ1n) is 13.5. The maximum absolute atomic E-state index is 13.2. The van der Waals surface area contributed by atoms with Crippen LogP contribution in [0, 0.1) is 0 Å². The van der Waals surface area contributed by atoms with Crippen LogP contribution < -0.4 is 16.0 Å². The van der Waals surface area contributed by atoms with Gasteiger partial charge in [-0.1, -0.05) is 36.4 Å². The van der Waals surface area contributed by atoms with Crippen molar-refractivity contribution >= 4 is 22.6 Å². The Morgan fingerprint density at radius 2 is 1.90 bits per heavy atom. The Morgan fingerprint density at radius 1 is 1.03 bits per heavy atom. The first-order chi connectivity index (χ1) is 19.1. The lowest BCUT2D eigenvalue weighted by molar-refractivity contribution is -0.139. The molecule has 2 heterocycles. The van der Waals surface area contributed by atoms with Crippen molar-refractivity contribution in [2.45, 2.75) is 57.3 Å². The molecule has 0 fully saturated rings. The van der Waals surface area contributed by atoms with Gasteiger partial charge in [0.1, 0.15) is 11.9 Å². The summed E-state index contributed by atoms with van der Waals surface area (Å²) in [6.45, 7) is 1.86. The molecule has 5 rings (SSSR count). The quantitative estimate of drug-likeness (QED) is 0.177. The summed E-state index contributed by atoms with van der Waals surface area (Å²) < 4.78 is 0. The van der Waals surface area contributed by atoms with Crippen LogP contribution in [0.15, 0.2) is 67.1 Å². The van der Waals surface area contributed by atoms with Crippen molar-refractivity contribution in [3.05, 3.63) is 95.3 Å².